The molecule has 1 aromatic heterocycles. The van der Waals surface area contributed by atoms with Gasteiger partial charge in [-0.15, -0.1) is 0 Å². The number of hydrogen-bond donors (Lipinski definition) is 3. The fourth-order valence-electron chi connectivity index (χ4n) is 1.73. The average Bonchev–Trinajstić information content (AvgIpc) is 2.41. The molecule has 4 N–H and O–H groups in total. The lowest BCUT2D eigenvalue weighted by Crippen LogP contribution is -2.14. The summed E-state index contributed by atoms with van der Waals surface area (Å²) in [5, 5.41) is 19.0. The summed E-state index contributed by atoms with van der Waals surface area (Å²) in [4.78, 5) is 4.35. The zero-order valence-corrected chi connectivity index (χ0v) is 10.7. The van der Waals surface area contributed by atoms with Crippen LogP contribution >= 0.6 is 11.8 Å². The number of nitrogens with two attached hydrogens (primary N) is 1. The van der Waals surface area contributed by atoms with E-state index in [1.54, 1.807) is 18.0 Å². The van der Waals surface area contributed by atoms with Gasteiger partial charge in [0.15, 0.2) is 0 Å². The predicted octanol–water partition coefficient (Wildman–Crippen LogP) is 1.40. The summed E-state index contributed by atoms with van der Waals surface area (Å²) in [6.07, 6.45) is 1.08. The van der Waals surface area contributed by atoms with E-state index in [0.29, 0.717) is 5.75 Å². The fourth-order valence-corrected chi connectivity index (χ4v) is 2.68. The maximum absolute atomic E-state index is 9.29. The summed E-state index contributed by atoms with van der Waals surface area (Å²) in [7, 11) is 0. The van der Waals surface area contributed by atoms with E-state index in [2.05, 4.69) is 4.98 Å². The van der Waals surface area contributed by atoms with Crippen molar-refractivity contribution in [3.63, 3.8) is 0 Å². The third kappa shape index (κ3) is 2.93. The summed E-state index contributed by atoms with van der Waals surface area (Å²) in [6.45, 7) is -0.201. The van der Waals surface area contributed by atoms with Crippen molar-refractivity contribution in [3.8, 4) is 0 Å². The molecule has 0 bridgehead atoms. The Bertz CT molecular complexity index is 533. The summed E-state index contributed by atoms with van der Waals surface area (Å²) in [5.74, 6) is 1.25. The van der Waals surface area contributed by atoms with E-state index >= 15 is 0 Å². The molecular weight excluding hydrogens is 248 g/mol. The van der Waals surface area contributed by atoms with Gasteiger partial charge < -0.3 is 15.9 Å². The minimum Gasteiger partial charge on any atom is -0.398 e. The van der Waals surface area contributed by atoms with Gasteiger partial charge >= 0.3 is 0 Å². The van der Waals surface area contributed by atoms with Crippen LogP contribution in [0, 0.1) is 0 Å². The van der Waals surface area contributed by atoms with Crippen molar-refractivity contribution in [2.24, 2.45) is 0 Å². The first-order valence-corrected chi connectivity index (χ1v) is 6.86. The quantitative estimate of drug-likeness (QED) is 0.711. The third-order valence-corrected chi connectivity index (χ3v) is 3.80. The van der Waals surface area contributed by atoms with Gasteiger partial charge in [0.25, 0.3) is 0 Å². The first-order chi connectivity index (χ1) is 8.72. The lowest BCUT2D eigenvalue weighted by molar-refractivity contribution is 0.113. The molecular formula is C13H16N2O2S. The van der Waals surface area contributed by atoms with Crippen molar-refractivity contribution in [3.05, 3.63) is 36.0 Å². The highest BCUT2D eigenvalue weighted by Gasteiger charge is 2.07. The van der Waals surface area contributed by atoms with Gasteiger partial charge in [0.1, 0.15) is 0 Å². The van der Waals surface area contributed by atoms with Crippen LogP contribution in [0.3, 0.4) is 0 Å². The predicted molar refractivity (Wildman–Crippen MR) is 75.4 cm³/mol. The topological polar surface area (TPSA) is 79.4 Å². The molecule has 0 spiro atoms. The molecule has 18 heavy (non-hydrogen) atoms. The first-order valence-electron chi connectivity index (χ1n) is 5.71. The highest BCUT2D eigenvalue weighted by molar-refractivity contribution is 7.98. The Kier molecular flexibility index (Phi) is 4.41. The molecule has 96 valence electrons. The van der Waals surface area contributed by atoms with Crippen LogP contribution in [0.2, 0.25) is 0 Å². The Hall–Kier alpha value is -1.30. The van der Waals surface area contributed by atoms with E-state index in [9.17, 15) is 5.11 Å². The van der Waals surface area contributed by atoms with Crippen LogP contribution in [0.1, 0.15) is 5.56 Å². The normalized spacial score (nSPS) is 12.8. The second-order valence-electron chi connectivity index (χ2n) is 4.07. The number of aliphatic hydroxyl groups excluding tert-OH is 2. The molecule has 1 aromatic carbocycles. The maximum Gasteiger partial charge on any atom is 0.0861 e. The molecule has 5 heteroatoms. The molecule has 1 heterocycles. The molecule has 0 aliphatic rings. The minimum absolute atomic E-state index is 0.201. The number of nitrogen functional groups attached to an aromatic ring is 1. The van der Waals surface area contributed by atoms with Crippen LogP contribution in [0.5, 0.6) is 0 Å². The largest absolute Gasteiger partial charge is 0.398 e. The average molecular weight is 264 g/mol. The molecule has 0 aliphatic heterocycles. The van der Waals surface area contributed by atoms with Gasteiger partial charge in [-0.2, -0.15) is 11.8 Å². The van der Waals surface area contributed by atoms with Gasteiger partial charge in [-0.25, -0.2) is 0 Å². The van der Waals surface area contributed by atoms with Crippen molar-refractivity contribution >= 4 is 28.4 Å². The van der Waals surface area contributed by atoms with E-state index in [0.717, 1.165) is 27.9 Å². The molecule has 0 amide bonds. The number of rotatable bonds is 5. The van der Waals surface area contributed by atoms with E-state index in [1.165, 1.54) is 0 Å². The zero-order valence-electron chi connectivity index (χ0n) is 9.91. The SMILES string of the molecule is Nc1ccc(CSCC(O)CO)c2ncccc12. The number of hydrogen-bond acceptors (Lipinski definition) is 5. The smallest absolute Gasteiger partial charge is 0.0861 e. The van der Waals surface area contributed by atoms with E-state index in [1.807, 2.05) is 24.3 Å². The zero-order chi connectivity index (χ0) is 13.0. The van der Waals surface area contributed by atoms with Gasteiger partial charge in [0, 0.05) is 28.8 Å². The van der Waals surface area contributed by atoms with E-state index < -0.39 is 6.10 Å². The van der Waals surface area contributed by atoms with Gasteiger partial charge in [-0.05, 0) is 23.8 Å². The van der Waals surface area contributed by atoms with Crippen molar-refractivity contribution in [1.82, 2.24) is 4.98 Å². The van der Waals surface area contributed by atoms with Gasteiger partial charge in [0.05, 0.1) is 18.2 Å². The second-order valence-corrected chi connectivity index (χ2v) is 5.10. The summed E-state index contributed by atoms with van der Waals surface area (Å²) in [6, 6.07) is 7.66. The Balaban J connectivity index is 2.16. The van der Waals surface area contributed by atoms with Gasteiger partial charge in [0.2, 0.25) is 0 Å². The third-order valence-electron chi connectivity index (χ3n) is 2.67. The molecule has 0 fully saturated rings. The second kappa shape index (κ2) is 6.04. The highest BCUT2D eigenvalue weighted by Crippen LogP contribution is 2.25. The fraction of sp³-hybridized carbons (Fsp3) is 0.308. The van der Waals surface area contributed by atoms with E-state index in [4.69, 9.17) is 10.8 Å². The summed E-state index contributed by atoms with van der Waals surface area (Å²) >= 11 is 1.57. The van der Waals surface area contributed by atoms with E-state index in [-0.39, 0.29) is 6.61 Å². The number of aromatic nitrogens is 1. The van der Waals surface area contributed by atoms with Crippen molar-refractivity contribution in [1.29, 1.82) is 0 Å². The molecule has 1 atom stereocenters. The number of fused-ring (bicyclic) bond motifs is 1. The Labute approximate surface area is 110 Å². The van der Waals surface area contributed by atoms with Crippen molar-refractivity contribution in [2.75, 3.05) is 18.1 Å². The number of benzene rings is 1. The van der Waals surface area contributed by atoms with Crippen LogP contribution in [0.4, 0.5) is 5.69 Å². The molecule has 4 nitrogen and oxygen atoms in total. The highest BCUT2D eigenvalue weighted by atomic mass is 32.2. The van der Waals surface area contributed by atoms with Crippen LogP contribution in [-0.4, -0.2) is 33.7 Å². The monoisotopic (exact) mass is 264 g/mol. The minimum atomic E-state index is -0.664. The lowest BCUT2D eigenvalue weighted by Gasteiger charge is -2.09. The summed E-state index contributed by atoms with van der Waals surface area (Å²) in [5.41, 5.74) is 8.63. The number of pyridine rings is 1. The van der Waals surface area contributed by atoms with Crippen LogP contribution < -0.4 is 5.73 Å². The molecule has 2 aromatic rings. The van der Waals surface area contributed by atoms with Crippen molar-refractivity contribution < 1.29 is 10.2 Å². The van der Waals surface area contributed by atoms with Gasteiger partial charge in [-0.3, -0.25) is 4.98 Å². The molecule has 0 saturated carbocycles. The molecule has 0 saturated heterocycles. The molecule has 2 rings (SSSR count). The van der Waals surface area contributed by atoms with Gasteiger partial charge in [-0.1, -0.05) is 6.07 Å². The van der Waals surface area contributed by atoms with Crippen LogP contribution in [0.15, 0.2) is 30.5 Å². The summed E-state index contributed by atoms with van der Waals surface area (Å²) < 4.78 is 0. The first kappa shape index (κ1) is 13.1. The van der Waals surface area contributed by atoms with Crippen LogP contribution in [-0.2, 0) is 5.75 Å². The standard InChI is InChI=1S/C13H16N2O2S/c14-12-4-3-9(7-18-8-10(17)6-16)13-11(12)2-1-5-15-13/h1-5,10,16-17H,6-8,14H2. The molecule has 1 unspecified atom stereocenters. The maximum atomic E-state index is 9.29. The van der Waals surface area contributed by atoms with Crippen LogP contribution in [0.25, 0.3) is 10.9 Å². The number of thioether (sulfide) groups is 1. The Morgan fingerprint density at radius 1 is 1.33 bits per heavy atom. The molecule has 0 aliphatic carbocycles. The Morgan fingerprint density at radius 2 is 2.17 bits per heavy atom. The number of nitrogens with zero attached hydrogens (tertiary/aromatic N) is 1. The number of anilines is 1. The Morgan fingerprint density at radius 3 is 2.94 bits per heavy atom. The van der Waals surface area contributed by atoms with Crippen molar-refractivity contribution in [2.45, 2.75) is 11.9 Å². The lowest BCUT2D eigenvalue weighted by atomic mass is 10.1. The molecule has 0 radical (unpaired) electrons. The number of aliphatic hydroxyl groups is 2.